The summed E-state index contributed by atoms with van der Waals surface area (Å²) < 4.78 is 5.40. The Morgan fingerprint density at radius 2 is 1.64 bits per heavy atom. The van der Waals surface area contributed by atoms with E-state index < -0.39 is 5.60 Å². The van der Waals surface area contributed by atoms with E-state index in [1.807, 2.05) is 82.1 Å². The normalized spacial score (nSPS) is 12.1. The minimum atomic E-state index is -0.536. The van der Waals surface area contributed by atoms with E-state index >= 15 is 0 Å². The summed E-state index contributed by atoms with van der Waals surface area (Å²) in [6.45, 7) is 7.92. The smallest absolute Gasteiger partial charge is 0.410 e. The highest BCUT2D eigenvalue weighted by molar-refractivity contribution is 5.67. The summed E-state index contributed by atoms with van der Waals surface area (Å²) in [5.74, 6) is 2.50. The summed E-state index contributed by atoms with van der Waals surface area (Å²) in [6, 6.07) is 13.4. The standard InChI is InChI=1S/C24H31N7O2/c1-17(16-30(5)23(32)33-24(2,3)4)27-22-26-15-13-20(29-22)31(6)19-12-14-25-21(28-19)18-10-8-7-9-11-18/h7-15,17H,16H2,1-6H3,(H,26,27,29). The van der Waals surface area contributed by atoms with Gasteiger partial charge in [0.05, 0.1) is 0 Å². The summed E-state index contributed by atoms with van der Waals surface area (Å²) in [6.07, 6.45) is 3.05. The minimum Gasteiger partial charge on any atom is -0.444 e. The van der Waals surface area contributed by atoms with Gasteiger partial charge in [-0.2, -0.15) is 4.98 Å². The molecule has 0 aliphatic heterocycles. The number of rotatable bonds is 7. The van der Waals surface area contributed by atoms with Crippen LogP contribution in [0.3, 0.4) is 0 Å². The fourth-order valence-electron chi connectivity index (χ4n) is 3.08. The molecular formula is C24H31N7O2. The van der Waals surface area contributed by atoms with Crippen LogP contribution in [0, 0.1) is 0 Å². The van der Waals surface area contributed by atoms with Crippen molar-refractivity contribution in [1.82, 2.24) is 24.8 Å². The molecule has 1 atom stereocenters. The fourth-order valence-corrected chi connectivity index (χ4v) is 3.08. The molecule has 9 nitrogen and oxygen atoms in total. The maximum Gasteiger partial charge on any atom is 0.410 e. The SMILES string of the molecule is CC(CN(C)C(=O)OC(C)(C)C)Nc1nccc(N(C)c2ccnc(-c3ccccc3)n2)n1. The van der Waals surface area contributed by atoms with Crippen LogP contribution in [-0.2, 0) is 4.74 Å². The third-order valence-electron chi connectivity index (χ3n) is 4.63. The molecular weight excluding hydrogens is 418 g/mol. The predicted molar refractivity (Wildman–Crippen MR) is 130 cm³/mol. The molecule has 2 aromatic heterocycles. The number of aromatic nitrogens is 4. The number of ether oxygens (including phenoxy) is 1. The van der Waals surface area contributed by atoms with Gasteiger partial charge in [0.2, 0.25) is 5.95 Å². The van der Waals surface area contributed by atoms with Crippen molar-refractivity contribution in [2.75, 3.05) is 30.9 Å². The predicted octanol–water partition coefficient (Wildman–Crippen LogP) is 4.37. The van der Waals surface area contributed by atoms with Crippen molar-refractivity contribution >= 4 is 23.7 Å². The van der Waals surface area contributed by atoms with Crippen LogP contribution >= 0.6 is 0 Å². The Kier molecular flexibility index (Phi) is 7.42. The Labute approximate surface area is 194 Å². The van der Waals surface area contributed by atoms with E-state index in [0.29, 0.717) is 30.0 Å². The quantitative estimate of drug-likeness (QED) is 0.568. The van der Waals surface area contributed by atoms with Crippen molar-refractivity contribution in [3.8, 4) is 11.4 Å². The largest absolute Gasteiger partial charge is 0.444 e. The Balaban J connectivity index is 1.68. The van der Waals surface area contributed by atoms with Gasteiger partial charge in [-0.3, -0.25) is 0 Å². The van der Waals surface area contributed by atoms with Crippen LogP contribution in [0.25, 0.3) is 11.4 Å². The van der Waals surface area contributed by atoms with Gasteiger partial charge in [0.25, 0.3) is 0 Å². The number of nitrogens with one attached hydrogen (secondary N) is 1. The molecule has 0 saturated carbocycles. The first-order valence-electron chi connectivity index (χ1n) is 10.8. The van der Waals surface area contributed by atoms with Crippen molar-refractivity contribution in [2.45, 2.75) is 39.3 Å². The van der Waals surface area contributed by atoms with Crippen LogP contribution in [0.15, 0.2) is 54.9 Å². The van der Waals surface area contributed by atoms with Gasteiger partial charge in [0.15, 0.2) is 5.82 Å². The number of carbonyl (C=O) groups is 1. The molecule has 1 N–H and O–H groups in total. The van der Waals surface area contributed by atoms with Gasteiger partial charge in [-0.1, -0.05) is 30.3 Å². The monoisotopic (exact) mass is 449 g/mol. The molecule has 2 heterocycles. The molecule has 33 heavy (non-hydrogen) atoms. The molecule has 1 unspecified atom stereocenters. The molecule has 174 valence electrons. The van der Waals surface area contributed by atoms with Crippen LogP contribution < -0.4 is 10.2 Å². The summed E-state index contributed by atoms with van der Waals surface area (Å²) >= 11 is 0. The summed E-state index contributed by atoms with van der Waals surface area (Å²) in [4.78, 5) is 33.6. The van der Waals surface area contributed by atoms with Crippen LogP contribution in [0.5, 0.6) is 0 Å². The highest BCUT2D eigenvalue weighted by Gasteiger charge is 2.21. The van der Waals surface area contributed by atoms with E-state index in [2.05, 4.69) is 25.3 Å². The summed E-state index contributed by atoms with van der Waals surface area (Å²) in [7, 11) is 3.60. The van der Waals surface area contributed by atoms with Crippen LogP contribution in [-0.4, -0.2) is 63.2 Å². The zero-order valence-corrected chi connectivity index (χ0v) is 20.0. The highest BCUT2D eigenvalue weighted by atomic mass is 16.6. The van der Waals surface area contributed by atoms with Gasteiger partial charge < -0.3 is 19.9 Å². The molecule has 1 amide bonds. The second kappa shape index (κ2) is 10.2. The first kappa shape index (κ1) is 23.9. The van der Waals surface area contributed by atoms with Gasteiger partial charge in [0, 0.05) is 44.6 Å². The van der Waals surface area contributed by atoms with Crippen molar-refractivity contribution < 1.29 is 9.53 Å². The summed E-state index contributed by atoms with van der Waals surface area (Å²) in [5, 5.41) is 3.24. The zero-order valence-electron chi connectivity index (χ0n) is 20.0. The Morgan fingerprint density at radius 1 is 1.00 bits per heavy atom. The zero-order chi connectivity index (χ0) is 24.0. The number of hydrogen-bond donors (Lipinski definition) is 1. The third kappa shape index (κ3) is 6.86. The molecule has 0 radical (unpaired) electrons. The minimum absolute atomic E-state index is 0.0909. The van der Waals surface area contributed by atoms with Crippen LogP contribution in [0.4, 0.5) is 22.4 Å². The summed E-state index contributed by atoms with van der Waals surface area (Å²) in [5.41, 5.74) is 0.409. The lowest BCUT2D eigenvalue weighted by Gasteiger charge is -2.27. The Bertz CT molecular complexity index is 1070. The number of amides is 1. The molecule has 0 spiro atoms. The number of likely N-dealkylation sites (N-methyl/N-ethyl adjacent to an activating group) is 1. The van der Waals surface area contributed by atoms with Gasteiger partial charge in [-0.05, 0) is 39.8 Å². The molecule has 3 rings (SSSR count). The lowest BCUT2D eigenvalue weighted by atomic mass is 10.2. The average Bonchev–Trinajstić information content (AvgIpc) is 2.78. The molecule has 3 aromatic rings. The van der Waals surface area contributed by atoms with E-state index in [0.717, 1.165) is 5.56 Å². The van der Waals surface area contributed by atoms with Crippen molar-refractivity contribution in [3.63, 3.8) is 0 Å². The average molecular weight is 450 g/mol. The molecule has 0 saturated heterocycles. The number of anilines is 3. The van der Waals surface area contributed by atoms with E-state index in [4.69, 9.17) is 4.74 Å². The van der Waals surface area contributed by atoms with Gasteiger partial charge in [0.1, 0.15) is 17.2 Å². The lowest BCUT2D eigenvalue weighted by Crippen LogP contribution is -2.40. The second-order valence-electron chi connectivity index (χ2n) is 8.81. The van der Waals surface area contributed by atoms with Gasteiger partial charge in [-0.25, -0.2) is 19.7 Å². The molecule has 0 bridgehead atoms. The molecule has 0 fully saturated rings. The van der Waals surface area contributed by atoms with Crippen LogP contribution in [0.2, 0.25) is 0 Å². The highest BCUT2D eigenvalue weighted by Crippen LogP contribution is 2.23. The number of carbonyl (C=O) groups excluding carboxylic acids is 1. The molecule has 0 aliphatic carbocycles. The fraction of sp³-hybridized carbons (Fsp3) is 0.375. The molecule has 9 heteroatoms. The van der Waals surface area contributed by atoms with Crippen molar-refractivity contribution in [3.05, 3.63) is 54.9 Å². The first-order chi connectivity index (χ1) is 15.6. The van der Waals surface area contributed by atoms with Crippen LogP contribution in [0.1, 0.15) is 27.7 Å². The van der Waals surface area contributed by atoms with Crippen molar-refractivity contribution in [1.29, 1.82) is 0 Å². The maximum atomic E-state index is 12.2. The first-order valence-corrected chi connectivity index (χ1v) is 10.8. The Hall–Kier alpha value is -3.75. The Morgan fingerprint density at radius 3 is 2.30 bits per heavy atom. The lowest BCUT2D eigenvalue weighted by molar-refractivity contribution is 0.0294. The van der Waals surface area contributed by atoms with E-state index in [1.165, 1.54) is 4.90 Å². The molecule has 1 aromatic carbocycles. The maximum absolute atomic E-state index is 12.2. The van der Waals surface area contributed by atoms with E-state index in [-0.39, 0.29) is 12.1 Å². The number of hydrogen-bond acceptors (Lipinski definition) is 8. The number of nitrogens with zero attached hydrogens (tertiary/aromatic N) is 6. The van der Waals surface area contributed by atoms with Gasteiger partial charge in [-0.15, -0.1) is 0 Å². The number of benzene rings is 1. The van der Waals surface area contributed by atoms with Crippen molar-refractivity contribution in [2.24, 2.45) is 0 Å². The molecule has 0 aliphatic rings. The second-order valence-corrected chi connectivity index (χ2v) is 8.81. The topological polar surface area (TPSA) is 96.4 Å². The van der Waals surface area contributed by atoms with Gasteiger partial charge >= 0.3 is 6.09 Å². The van der Waals surface area contributed by atoms with E-state index in [1.54, 1.807) is 19.4 Å². The third-order valence-corrected chi connectivity index (χ3v) is 4.63. The van der Waals surface area contributed by atoms with E-state index in [9.17, 15) is 4.79 Å².